The van der Waals surface area contributed by atoms with Gasteiger partial charge in [-0.15, -0.1) is 5.92 Å². The van der Waals surface area contributed by atoms with Gasteiger partial charge in [-0.25, -0.2) is 0 Å². The summed E-state index contributed by atoms with van der Waals surface area (Å²) >= 11 is 0. The average Bonchev–Trinajstić information content (AvgIpc) is 1.81. The first-order valence-corrected chi connectivity index (χ1v) is 11.8. The topological polar surface area (TPSA) is 3.24 Å². The third-order valence-corrected chi connectivity index (χ3v) is 9.61. The molecule has 0 saturated carbocycles. The second-order valence-electron chi connectivity index (χ2n) is 5.35. The van der Waals surface area contributed by atoms with Crippen molar-refractivity contribution in [3.63, 3.8) is 0 Å². The Balaban J connectivity index is 4.64. The Kier molecular flexibility index (Phi) is 4.43. The molecule has 0 fully saturated rings. The Morgan fingerprint density at radius 2 is 1.31 bits per heavy atom. The van der Waals surface area contributed by atoms with Crippen LogP contribution >= 0.6 is 0 Å². The van der Waals surface area contributed by atoms with Crippen molar-refractivity contribution >= 4 is 16.5 Å². The van der Waals surface area contributed by atoms with Crippen molar-refractivity contribution in [3.05, 3.63) is 0 Å². The van der Waals surface area contributed by atoms with Crippen molar-refractivity contribution in [2.45, 2.75) is 46.2 Å². The van der Waals surface area contributed by atoms with Gasteiger partial charge in [0.1, 0.15) is 16.5 Å². The van der Waals surface area contributed by atoms with Crippen LogP contribution in [0.1, 0.15) is 6.92 Å². The first kappa shape index (κ1) is 13.0. The SMILES string of the molecule is CC#CCN([Si](C)(C)C)[Si](C)(C)C. The number of hydrogen-bond donors (Lipinski definition) is 0. The molecule has 13 heavy (non-hydrogen) atoms. The van der Waals surface area contributed by atoms with Crippen LogP contribution in [0.3, 0.4) is 0 Å². The lowest BCUT2D eigenvalue weighted by atomic mass is 10.6. The first-order chi connectivity index (χ1) is 5.69. The predicted octanol–water partition coefficient (Wildman–Crippen LogP) is 2.98. The van der Waals surface area contributed by atoms with E-state index in [4.69, 9.17) is 0 Å². The summed E-state index contributed by atoms with van der Waals surface area (Å²) in [7, 11) is -2.33. The van der Waals surface area contributed by atoms with Crippen LogP contribution in [0, 0.1) is 11.8 Å². The number of nitrogens with zero attached hydrogens (tertiary/aromatic N) is 1. The van der Waals surface area contributed by atoms with Crippen molar-refractivity contribution in [2.75, 3.05) is 6.54 Å². The maximum Gasteiger partial charge on any atom is 0.113 e. The third-order valence-electron chi connectivity index (χ3n) is 2.03. The summed E-state index contributed by atoms with van der Waals surface area (Å²) in [6, 6.07) is 0. The van der Waals surface area contributed by atoms with E-state index >= 15 is 0 Å². The highest BCUT2D eigenvalue weighted by Crippen LogP contribution is 2.18. The molecule has 0 spiro atoms. The van der Waals surface area contributed by atoms with E-state index in [0.717, 1.165) is 6.54 Å². The van der Waals surface area contributed by atoms with Crippen LogP contribution in [0.25, 0.3) is 0 Å². The Morgan fingerprint density at radius 1 is 0.923 bits per heavy atom. The average molecular weight is 213 g/mol. The van der Waals surface area contributed by atoms with E-state index < -0.39 is 16.5 Å². The summed E-state index contributed by atoms with van der Waals surface area (Å²) in [6.45, 7) is 17.3. The first-order valence-electron chi connectivity index (χ1n) is 4.87. The van der Waals surface area contributed by atoms with Crippen LogP contribution in [0.4, 0.5) is 0 Å². The van der Waals surface area contributed by atoms with E-state index in [1.54, 1.807) is 0 Å². The van der Waals surface area contributed by atoms with Crippen LogP contribution in [0.15, 0.2) is 0 Å². The summed E-state index contributed by atoms with van der Waals surface area (Å²) in [5.74, 6) is 6.20. The highest BCUT2D eigenvalue weighted by molar-refractivity contribution is 6.89. The molecule has 0 radical (unpaired) electrons. The van der Waals surface area contributed by atoms with Gasteiger partial charge in [0.25, 0.3) is 0 Å². The van der Waals surface area contributed by atoms with Gasteiger partial charge in [0.05, 0.1) is 0 Å². The van der Waals surface area contributed by atoms with Crippen LogP contribution in [-0.2, 0) is 0 Å². The van der Waals surface area contributed by atoms with Gasteiger partial charge < -0.3 is 4.23 Å². The lowest BCUT2D eigenvalue weighted by molar-refractivity contribution is 0.699. The predicted molar refractivity (Wildman–Crippen MR) is 66.8 cm³/mol. The lowest BCUT2D eigenvalue weighted by Crippen LogP contribution is -2.59. The molecule has 3 heteroatoms. The summed E-state index contributed by atoms with van der Waals surface area (Å²) in [6.07, 6.45) is 0. The minimum atomic E-state index is -1.17. The van der Waals surface area contributed by atoms with Crippen molar-refractivity contribution < 1.29 is 0 Å². The van der Waals surface area contributed by atoms with Gasteiger partial charge in [0.2, 0.25) is 0 Å². The maximum atomic E-state index is 3.21. The molecule has 0 N–H and O–H groups in total. The molecule has 0 aromatic heterocycles. The van der Waals surface area contributed by atoms with E-state index in [1.807, 2.05) is 6.92 Å². The normalized spacial score (nSPS) is 12.6. The van der Waals surface area contributed by atoms with E-state index in [1.165, 1.54) is 0 Å². The minimum Gasteiger partial charge on any atom is -0.336 e. The number of rotatable bonds is 3. The zero-order valence-corrected chi connectivity index (χ0v) is 12.2. The van der Waals surface area contributed by atoms with Gasteiger partial charge in [0.15, 0.2) is 0 Å². The van der Waals surface area contributed by atoms with Gasteiger partial charge in [-0.1, -0.05) is 45.2 Å². The molecule has 0 unspecified atom stereocenters. The van der Waals surface area contributed by atoms with Crippen LogP contribution in [0.2, 0.25) is 39.3 Å². The molecule has 1 nitrogen and oxygen atoms in total. The van der Waals surface area contributed by atoms with Gasteiger partial charge in [-0.3, -0.25) is 0 Å². The molecular weight excluding hydrogens is 190 g/mol. The highest BCUT2D eigenvalue weighted by atomic mass is 28.4. The second kappa shape index (κ2) is 4.45. The minimum absolute atomic E-state index is 0.974. The second-order valence-corrected chi connectivity index (χ2v) is 15.6. The van der Waals surface area contributed by atoms with E-state index in [9.17, 15) is 0 Å². The summed E-state index contributed by atoms with van der Waals surface area (Å²) in [5.41, 5.74) is 0. The highest BCUT2D eigenvalue weighted by Gasteiger charge is 2.33. The Morgan fingerprint density at radius 3 is 1.54 bits per heavy atom. The smallest absolute Gasteiger partial charge is 0.113 e. The molecular formula is C10H23NSi2. The Labute approximate surface area is 85.7 Å². The van der Waals surface area contributed by atoms with Crippen LogP contribution in [0.5, 0.6) is 0 Å². The van der Waals surface area contributed by atoms with Crippen LogP contribution < -0.4 is 0 Å². The molecule has 0 amide bonds. The summed E-state index contributed by atoms with van der Waals surface area (Å²) in [4.78, 5) is 0. The number of hydrogen-bond acceptors (Lipinski definition) is 1. The van der Waals surface area contributed by atoms with Crippen molar-refractivity contribution in [3.8, 4) is 11.8 Å². The van der Waals surface area contributed by atoms with Gasteiger partial charge in [-0.05, 0) is 6.92 Å². The molecule has 0 aromatic rings. The zero-order chi connectivity index (χ0) is 10.7. The van der Waals surface area contributed by atoms with E-state index in [0.29, 0.717) is 0 Å². The molecule has 0 aliphatic rings. The maximum absolute atomic E-state index is 3.21. The van der Waals surface area contributed by atoms with Gasteiger partial charge in [-0.2, -0.15) is 0 Å². The summed E-state index contributed by atoms with van der Waals surface area (Å²) < 4.78 is 2.69. The van der Waals surface area contributed by atoms with Crippen molar-refractivity contribution in [2.24, 2.45) is 0 Å². The Hall–Kier alpha value is -0.0462. The van der Waals surface area contributed by atoms with E-state index in [-0.39, 0.29) is 0 Å². The lowest BCUT2D eigenvalue weighted by Gasteiger charge is -2.42. The molecule has 0 aromatic carbocycles. The molecule has 0 rings (SSSR count). The fourth-order valence-electron chi connectivity index (χ4n) is 1.64. The van der Waals surface area contributed by atoms with E-state index in [2.05, 4.69) is 55.4 Å². The molecule has 0 aliphatic heterocycles. The van der Waals surface area contributed by atoms with Crippen molar-refractivity contribution in [1.82, 2.24) is 4.23 Å². The molecule has 0 bridgehead atoms. The Bertz CT molecular complexity index is 198. The molecule has 0 saturated heterocycles. The monoisotopic (exact) mass is 213 g/mol. The molecule has 0 atom stereocenters. The standard InChI is InChI=1S/C10H23NSi2/c1-8-9-10-11(12(2,3)4)13(5,6)7/h10H2,1-7H3. The zero-order valence-electron chi connectivity index (χ0n) is 10.2. The third kappa shape index (κ3) is 4.65. The summed E-state index contributed by atoms with van der Waals surface area (Å²) in [5, 5.41) is 0. The van der Waals surface area contributed by atoms with Gasteiger partial charge >= 0.3 is 0 Å². The molecule has 76 valence electrons. The fraction of sp³-hybridized carbons (Fsp3) is 0.800. The fourth-order valence-corrected chi connectivity index (χ4v) is 10.8. The quantitative estimate of drug-likeness (QED) is 0.515. The van der Waals surface area contributed by atoms with Crippen molar-refractivity contribution in [1.29, 1.82) is 0 Å². The van der Waals surface area contributed by atoms with Crippen LogP contribution in [-0.4, -0.2) is 27.2 Å². The molecule has 0 heterocycles. The largest absolute Gasteiger partial charge is 0.336 e. The van der Waals surface area contributed by atoms with Gasteiger partial charge in [0, 0.05) is 6.54 Å². The molecule has 0 aliphatic carbocycles.